The number of aromatic hydroxyl groups is 1. The molecule has 2 rings (SSSR count). The van der Waals surface area contributed by atoms with Crippen molar-refractivity contribution < 1.29 is 24.3 Å². The molecule has 0 aromatic heterocycles. The second kappa shape index (κ2) is 10.9. The number of nitrogens with one attached hydrogen (secondary N) is 1. The Morgan fingerprint density at radius 3 is 2.79 bits per heavy atom. The number of benzene rings is 1. The summed E-state index contributed by atoms with van der Waals surface area (Å²) in [5.74, 6) is -0.674. The van der Waals surface area contributed by atoms with Crippen molar-refractivity contribution in [2.45, 2.75) is 32.6 Å². The van der Waals surface area contributed by atoms with Gasteiger partial charge >= 0.3 is 5.97 Å². The molecule has 0 spiro atoms. The number of phenolic OH excluding ortho intramolecular Hbond substituents is 1. The highest BCUT2D eigenvalue weighted by atomic mass is 16.6. The number of carbonyl (C=O) groups is 2. The van der Waals surface area contributed by atoms with E-state index in [2.05, 4.69) is 10.5 Å². The van der Waals surface area contributed by atoms with Gasteiger partial charge in [-0.1, -0.05) is 23.4 Å². The van der Waals surface area contributed by atoms with Gasteiger partial charge < -0.3 is 20.0 Å². The number of rotatable bonds is 3. The smallest absolute Gasteiger partial charge is 0.338 e. The fraction of sp³-hybridized carbons (Fsp3) is 0.381. The summed E-state index contributed by atoms with van der Waals surface area (Å²) in [7, 11) is 1.52. The van der Waals surface area contributed by atoms with E-state index in [0.717, 1.165) is 12.8 Å². The number of nitrogens with zero attached hydrogens (tertiary/aromatic N) is 1. The molecule has 0 unspecified atom stereocenters. The molecule has 1 aliphatic rings. The van der Waals surface area contributed by atoms with Gasteiger partial charge in [-0.25, -0.2) is 4.79 Å². The Kier molecular flexibility index (Phi) is 8.27. The third-order valence-electron chi connectivity index (χ3n) is 4.13. The van der Waals surface area contributed by atoms with Gasteiger partial charge in [-0.05, 0) is 55.5 Å². The molecule has 0 saturated heterocycles. The third kappa shape index (κ3) is 6.57. The summed E-state index contributed by atoms with van der Waals surface area (Å²) in [5, 5.41) is 16.5. The Bertz CT molecular complexity index is 796. The molecule has 0 radical (unpaired) electrons. The molecule has 28 heavy (non-hydrogen) atoms. The Labute approximate surface area is 164 Å². The van der Waals surface area contributed by atoms with Crippen LogP contribution >= 0.6 is 0 Å². The molecule has 1 aliphatic heterocycles. The van der Waals surface area contributed by atoms with Crippen LogP contribution in [0.5, 0.6) is 5.75 Å². The van der Waals surface area contributed by atoms with Crippen LogP contribution in [0.2, 0.25) is 0 Å². The second-order valence-electron chi connectivity index (χ2n) is 6.38. The monoisotopic (exact) mass is 386 g/mol. The number of hydrogen-bond acceptors (Lipinski definition) is 6. The highest BCUT2D eigenvalue weighted by Crippen LogP contribution is 2.24. The molecule has 0 fully saturated rings. The van der Waals surface area contributed by atoms with E-state index in [4.69, 9.17) is 9.57 Å². The minimum absolute atomic E-state index is 0.0581. The predicted octanol–water partition coefficient (Wildman–Crippen LogP) is 2.81. The first-order chi connectivity index (χ1) is 13.5. The first kappa shape index (κ1) is 21.2. The van der Waals surface area contributed by atoms with Gasteiger partial charge in [-0.2, -0.15) is 0 Å². The molecule has 0 atom stereocenters. The van der Waals surface area contributed by atoms with E-state index >= 15 is 0 Å². The van der Waals surface area contributed by atoms with Crippen LogP contribution in [-0.4, -0.2) is 43.0 Å². The van der Waals surface area contributed by atoms with Gasteiger partial charge in [-0.15, -0.1) is 0 Å². The zero-order chi connectivity index (χ0) is 20.4. The summed E-state index contributed by atoms with van der Waals surface area (Å²) in [4.78, 5) is 29.1. The lowest BCUT2D eigenvalue weighted by Crippen LogP contribution is -2.22. The quantitative estimate of drug-likeness (QED) is 0.473. The van der Waals surface area contributed by atoms with Crippen LogP contribution in [0.1, 0.15) is 40.7 Å². The maximum absolute atomic E-state index is 12.6. The Balaban J connectivity index is 2.36. The summed E-state index contributed by atoms with van der Waals surface area (Å²) < 4.78 is 5.38. The van der Waals surface area contributed by atoms with Crippen LogP contribution < -0.4 is 5.32 Å². The Morgan fingerprint density at radius 1 is 1.25 bits per heavy atom. The van der Waals surface area contributed by atoms with Crippen molar-refractivity contribution in [2.75, 3.05) is 20.3 Å². The lowest BCUT2D eigenvalue weighted by atomic mass is 9.96. The number of hydrogen-bond donors (Lipinski definition) is 2. The van der Waals surface area contributed by atoms with Gasteiger partial charge in [0.2, 0.25) is 0 Å². The molecular weight excluding hydrogens is 360 g/mol. The van der Waals surface area contributed by atoms with Crippen molar-refractivity contribution in [1.29, 1.82) is 0 Å². The molecule has 2 N–H and O–H groups in total. The first-order valence-corrected chi connectivity index (χ1v) is 9.21. The summed E-state index contributed by atoms with van der Waals surface area (Å²) in [6.07, 6.45) is 10.4. The molecule has 1 aromatic carbocycles. The number of cyclic esters (lactones) is 1. The van der Waals surface area contributed by atoms with E-state index in [1.807, 2.05) is 18.2 Å². The van der Waals surface area contributed by atoms with Crippen LogP contribution in [0.3, 0.4) is 0 Å². The number of phenols is 1. The maximum atomic E-state index is 12.6. The lowest BCUT2D eigenvalue weighted by molar-refractivity contribution is -0.125. The average Bonchev–Trinajstić information content (AvgIpc) is 2.65. The van der Waals surface area contributed by atoms with Crippen molar-refractivity contribution >= 4 is 17.6 Å². The van der Waals surface area contributed by atoms with Crippen molar-refractivity contribution in [3.63, 3.8) is 0 Å². The molecule has 1 aromatic rings. The molecule has 150 valence electrons. The highest BCUT2D eigenvalue weighted by Gasteiger charge is 2.18. The second-order valence-corrected chi connectivity index (χ2v) is 6.38. The lowest BCUT2D eigenvalue weighted by Gasteiger charge is -2.13. The summed E-state index contributed by atoms with van der Waals surface area (Å²) in [6, 6.07) is 3.05. The van der Waals surface area contributed by atoms with Crippen molar-refractivity contribution in [1.82, 2.24) is 5.32 Å². The average molecular weight is 386 g/mol. The first-order valence-electron chi connectivity index (χ1n) is 9.21. The normalized spacial score (nSPS) is 19.1. The van der Waals surface area contributed by atoms with Crippen LogP contribution in [0.15, 0.2) is 41.6 Å². The van der Waals surface area contributed by atoms with E-state index in [0.29, 0.717) is 35.4 Å². The number of likely N-dealkylation sites (N-methyl/N-ethyl adjacent to an activating group) is 1. The molecular formula is C21H26N2O5. The molecule has 7 heteroatoms. The van der Waals surface area contributed by atoms with Gasteiger partial charge in [0, 0.05) is 13.5 Å². The van der Waals surface area contributed by atoms with Crippen molar-refractivity contribution in [3.05, 3.63) is 53.1 Å². The molecule has 0 saturated carbocycles. The van der Waals surface area contributed by atoms with E-state index in [1.54, 1.807) is 13.0 Å². The minimum Gasteiger partial charge on any atom is -0.508 e. The standard InChI is InChI=1S/C21H26N2O5/c1-15-11-18(24)13-16-12-17(23-28-14-19(25)22-2)9-7-5-3-4-6-8-10-27-21(26)20(15)16/h4,6-7,9,11,13,24H,3,5,8,10,12,14H2,1-2H3,(H,22,25)/b6-4+,9-7+,23-17+. The summed E-state index contributed by atoms with van der Waals surface area (Å²) in [5.41, 5.74) is 2.15. The van der Waals surface area contributed by atoms with Gasteiger partial charge in [0.25, 0.3) is 5.91 Å². The number of fused-ring (bicyclic) bond motifs is 1. The van der Waals surface area contributed by atoms with E-state index in [9.17, 15) is 14.7 Å². The summed E-state index contributed by atoms with van der Waals surface area (Å²) >= 11 is 0. The molecule has 0 aliphatic carbocycles. The topological polar surface area (TPSA) is 97.2 Å². The number of amides is 1. The molecule has 1 heterocycles. The van der Waals surface area contributed by atoms with Crippen LogP contribution in [-0.2, 0) is 20.8 Å². The zero-order valence-electron chi connectivity index (χ0n) is 16.2. The van der Waals surface area contributed by atoms with Crippen LogP contribution in [0.4, 0.5) is 0 Å². The van der Waals surface area contributed by atoms with Crippen molar-refractivity contribution in [3.8, 4) is 5.75 Å². The van der Waals surface area contributed by atoms with Crippen molar-refractivity contribution in [2.24, 2.45) is 5.16 Å². The van der Waals surface area contributed by atoms with Gasteiger partial charge in [-0.3, -0.25) is 4.79 Å². The van der Waals surface area contributed by atoms with Crippen LogP contribution in [0.25, 0.3) is 0 Å². The number of esters is 1. The number of aryl methyl sites for hydroxylation is 1. The zero-order valence-corrected chi connectivity index (χ0v) is 16.2. The Hall–Kier alpha value is -3.09. The van der Waals surface area contributed by atoms with Crippen LogP contribution in [0, 0.1) is 6.92 Å². The van der Waals surface area contributed by atoms with E-state index < -0.39 is 5.97 Å². The molecule has 7 nitrogen and oxygen atoms in total. The Morgan fingerprint density at radius 2 is 2.00 bits per heavy atom. The minimum atomic E-state index is -0.437. The predicted molar refractivity (Wildman–Crippen MR) is 106 cm³/mol. The van der Waals surface area contributed by atoms with Gasteiger partial charge in [0.15, 0.2) is 6.61 Å². The SMILES string of the molecule is CNC(=O)CO/N=C1\C=C\CC/C=C/CCOC(=O)c2c(C)cc(O)cc2C1. The fourth-order valence-corrected chi connectivity index (χ4v) is 2.77. The van der Waals surface area contributed by atoms with E-state index in [-0.39, 0.29) is 24.7 Å². The van der Waals surface area contributed by atoms with Gasteiger partial charge in [0.1, 0.15) is 5.75 Å². The van der Waals surface area contributed by atoms with E-state index in [1.165, 1.54) is 19.2 Å². The third-order valence-corrected chi connectivity index (χ3v) is 4.13. The molecule has 1 amide bonds. The molecule has 0 bridgehead atoms. The number of carbonyl (C=O) groups excluding carboxylic acids is 2. The number of allylic oxidation sites excluding steroid dienone is 3. The van der Waals surface area contributed by atoms with Gasteiger partial charge in [0.05, 0.1) is 17.9 Å². The summed E-state index contributed by atoms with van der Waals surface area (Å²) in [6.45, 7) is 1.84. The largest absolute Gasteiger partial charge is 0.508 e. The fourth-order valence-electron chi connectivity index (χ4n) is 2.77. The maximum Gasteiger partial charge on any atom is 0.338 e. The highest BCUT2D eigenvalue weighted by molar-refractivity contribution is 6.00. The number of oxime groups is 1. The number of ether oxygens (including phenoxy) is 1.